The number of methoxy groups -OCH3 is 2. The summed E-state index contributed by atoms with van der Waals surface area (Å²) in [5, 5.41) is 2.84. The van der Waals surface area contributed by atoms with Gasteiger partial charge in [-0.25, -0.2) is 0 Å². The van der Waals surface area contributed by atoms with E-state index in [4.69, 9.17) is 19.9 Å². The smallest absolute Gasteiger partial charge is 0.226 e. The molecular weight excluding hydrogens is 356 g/mol. The topological polar surface area (TPSA) is 82.8 Å². The second kappa shape index (κ2) is 11.4. The molecule has 3 N–H and O–H groups in total. The fraction of sp³-hybridized carbons (Fsp3) is 0.316. The van der Waals surface area contributed by atoms with Gasteiger partial charge in [0.1, 0.15) is 6.61 Å². The van der Waals surface area contributed by atoms with Crippen molar-refractivity contribution in [2.45, 2.75) is 12.5 Å². The number of ether oxygens (including phenoxy) is 3. The summed E-state index contributed by atoms with van der Waals surface area (Å²) in [5.41, 5.74) is 7.64. The van der Waals surface area contributed by atoms with Crippen LogP contribution < -0.4 is 20.5 Å². The molecule has 26 heavy (non-hydrogen) atoms. The van der Waals surface area contributed by atoms with Gasteiger partial charge in [-0.2, -0.15) is 0 Å². The van der Waals surface area contributed by atoms with Gasteiger partial charge in [0.05, 0.1) is 13.7 Å². The lowest BCUT2D eigenvalue weighted by molar-refractivity contribution is -0.116. The van der Waals surface area contributed by atoms with Crippen LogP contribution in [0, 0.1) is 0 Å². The molecule has 7 heteroatoms. The summed E-state index contributed by atoms with van der Waals surface area (Å²) in [6, 6.07) is 14.4. The van der Waals surface area contributed by atoms with E-state index in [0.717, 1.165) is 5.56 Å². The van der Waals surface area contributed by atoms with Crippen molar-refractivity contribution in [1.29, 1.82) is 0 Å². The van der Waals surface area contributed by atoms with E-state index in [9.17, 15) is 4.79 Å². The lowest BCUT2D eigenvalue weighted by atomic mass is 10.0. The fourth-order valence-electron chi connectivity index (χ4n) is 2.33. The molecule has 0 aliphatic heterocycles. The second-order valence-electron chi connectivity index (χ2n) is 5.48. The maximum atomic E-state index is 12.2. The van der Waals surface area contributed by atoms with Gasteiger partial charge in [-0.15, -0.1) is 12.4 Å². The van der Waals surface area contributed by atoms with Gasteiger partial charge in [0, 0.05) is 31.3 Å². The first kappa shape index (κ1) is 21.8. The van der Waals surface area contributed by atoms with Gasteiger partial charge in [-0.05, 0) is 17.7 Å². The largest absolute Gasteiger partial charge is 0.493 e. The lowest BCUT2D eigenvalue weighted by Gasteiger charge is -2.14. The van der Waals surface area contributed by atoms with Gasteiger partial charge in [-0.3, -0.25) is 4.79 Å². The zero-order valence-corrected chi connectivity index (χ0v) is 15.8. The van der Waals surface area contributed by atoms with Gasteiger partial charge >= 0.3 is 0 Å². The molecule has 2 rings (SSSR count). The monoisotopic (exact) mass is 380 g/mol. The number of hydrogen-bond donors (Lipinski definition) is 2. The summed E-state index contributed by atoms with van der Waals surface area (Å²) >= 11 is 0. The number of rotatable bonds is 9. The predicted molar refractivity (Wildman–Crippen MR) is 104 cm³/mol. The van der Waals surface area contributed by atoms with Gasteiger partial charge < -0.3 is 25.3 Å². The average molecular weight is 381 g/mol. The normalized spacial score (nSPS) is 11.2. The molecule has 1 unspecified atom stereocenters. The molecule has 0 aliphatic carbocycles. The van der Waals surface area contributed by atoms with Crippen LogP contribution in [0.25, 0.3) is 0 Å². The van der Waals surface area contributed by atoms with Crippen LogP contribution in [0.15, 0.2) is 48.5 Å². The van der Waals surface area contributed by atoms with Crippen molar-refractivity contribution in [2.75, 3.05) is 32.8 Å². The Morgan fingerprint density at radius 3 is 2.46 bits per heavy atom. The summed E-state index contributed by atoms with van der Waals surface area (Å²) in [6.45, 7) is 0.856. The molecule has 2 aromatic carbocycles. The number of hydrogen-bond acceptors (Lipinski definition) is 5. The molecule has 142 valence electrons. The number of halogens is 1. The fourth-order valence-corrected chi connectivity index (χ4v) is 2.33. The molecule has 1 atom stereocenters. The summed E-state index contributed by atoms with van der Waals surface area (Å²) in [7, 11) is 3.17. The Hall–Kier alpha value is -2.28. The lowest BCUT2D eigenvalue weighted by Crippen LogP contribution is -2.20. The first-order chi connectivity index (χ1) is 12.1. The van der Waals surface area contributed by atoms with Crippen molar-refractivity contribution in [3.63, 3.8) is 0 Å². The molecule has 0 saturated carbocycles. The summed E-state index contributed by atoms with van der Waals surface area (Å²) in [4.78, 5) is 12.2. The van der Waals surface area contributed by atoms with Gasteiger partial charge in [0.15, 0.2) is 11.5 Å². The van der Waals surface area contributed by atoms with Crippen LogP contribution in [-0.2, 0) is 9.53 Å². The number of nitrogens with one attached hydrogen (secondary N) is 1. The minimum Gasteiger partial charge on any atom is -0.493 e. The molecule has 0 aromatic heterocycles. The number of carbonyl (C=O) groups excluding carboxylic acids is 1. The Labute approximate surface area is 160 Å². The summed E-state index contributed by atoms with van der Waals surface area (Å²) in [5.74, 6) is 0.976. The van der Waals surface area contributed by atoms with Crippen molar-refractivity contribution < 1.29 is 19.0 Å². The average Bonchev–Trinajstić information content (AvgIpc) is 2.63. The van der Waals surface area contributed by atoms with E-state index in [1.165, 1.54) is 0 Å². The van der Waals surface area contributed by atoms with Crippen molar-refractivity contribution >= 4 is 24.0 Å². The minimum absolute atomic E-state index is 0. The van der Waals surface area contributed by atoms with Crippen LogP contribution >= 0.6 is 12.4 Å². The van der Waals surface area contributed by atoms with E-state index in [-0.39, 0.29) is 30.8 Å². The molecule has 0 saturated heterocycles. The number of carbonyl (C=O) groups is 1. The molecule has 0 radical (unpaired) electrons. The van der Waals surface area contributed by atoms with Gasteiger partial charge in [0.25, 0.3) is 0 Å². The van der Waals surface area contributed by atoms with E-state index < -0.39 is 0 Å². The third-order valence-electron chi connectivity index (χ3n) is 3.63. The predicted octanol–water partition coefficient (Wildman–Crippen LogP) is 3.17. The zero-order chi connectivity index (χ0) is 18.1. The molecule has 6 nitrogen and oxygen atoms in total. The van der Waals surface area contributed by atoms with Crippen LogP contribution in [0.1, 0.15) is 18.0 Å². The van der Waals surface area contributed by atoms with E-state index in [1.54, 1.807) is 32.4 Å². The molecule has 0 spiro atoms. The van der Waals surface area contributed by atoms with E-state index in [0.29, 0.717) is 30.4 Å². The molecule has 0 heterocycles. The molecule has 0 fully saturated rings. The Bertz CT molecular complexity index is 682. The Kier molecular flexibility index (Phi) is 9.51. The molecule has 2 aromatic rings. The van der Waals surface area contributed by atoms with Crippen LogP contribution in [0.4, 0.5) is 5.69 Å². The number of anilines is 1. The van der Waals surface area contributed by atoms with Crippen LogP contribution in [0.2, 0.25) is 0 Å². The van der Waals surface area contributed by atoms with E-state index in [1.807, 2.05) is 30.3 Å². The quantitative estimate of drug-likeness (QED) is 0.653. The highest BCUT2D eigenvalue weighted by Crippen LogP contribution is 2.30. The van der Waals surface area contributed by atoms with Crippen LogP contribution in [0.3, 0.4) is 0 Å². The third-order valence-corrected chi connectivity index (χ3v) is 3.63. The number of benzene rings is 2. The molecular formula is C19H25ClN2O4. The number of amides is 1. The molecule has 1 amide bonds. The molecule has 0 bridgehead atoms. The Morgan fingerprint density at radius 1 is 1.08 bits per heavy atom. The zero-order valence-electron chi connectivity index (χ0n) is 14.9. The highest BCUT2D eigenvalue weighted by molar-refractivity contribution is 5.91. The van der Waals surface area contributed by atoms with Crippen molar-refractivity contribution in [2.24, 2.45) is 5.73 Å². The van der Waals surface area contributed by atoms with Gasteiger partial charge in [0.2, 0.25) is 5.91 Å². The first-order valence-electron chi connectivity index (χ1n) is 8.04. The maximum absolute atomic E-state index is 12.2. The van der Waals surface area contributed by atoms with E-state index >= 15 is 0 Å². The Balaban J connectivity index is 0.00000338. The first-order valence-corrected chi connectivity index (χ1v) is 8.04. The standard InChI is InChI=1S/C19H24N2O4.ClH/c1-23-10-11-25-18-12-15(8-9-17(18)24-2)21-19(22)13-16(20)14-6-4-3-5-7-14;/h3-9,12,16H,10-11,13,20H2,1-2H3,(H,21,22);1H. The molecule has 0 aliphatic rings. The van der Waals surface area contributed by atoms with Crippen molar-refractivity contribution in [1.82, 2.24) is 0 Å². The number of nitrogens with two attached hydrogens (primary N) is 1. The van der Waals surface area contributed by atoms with Crippen molar-refractivity contribution in [3.8, 4) is 11.5 Å². The SMILES string of the molecule is COCCOc1cc(NC(=O)CC(N)c2ccccc2)ccc1OC.Cl. The summed E-state index contributed by atoms with van der Waals surface area (Å²) < 4.78 is 15.8. The minimum atomic E-state index is -0.350. The van der Waals surface area contributed by atoms with Crippen LogP contribution in [0.5, 0.6) is 11.5 Å². The third kappa shape index (κ3) is 6.55. The maximum Gasteiger partial charge on any atom is 0.226 e. The van der Waals surface area contributed by atoms with Crippen LogP contribution in [-0.4, -0.2) is 33.3 Å². The highest BCUT2D eigenvalue weighted by Gasteiger charge is 2.13. The van der Waals surface area contributed by atoms with E-state index in [2.05, 4.69) is 5.32 Å². The van der Waals surface area contributed by atoms with Crippen molar-refractivity contribution in [3.05, 3.63) is 54.1 Å². The second-order valence-corrected chi connectivity index (χ2v) is 5.48. The summed E-state index contributed by atoms with van der Waals surface area (Å²) in [6.07, 6.45) is 0.190. The highest BCUT2D eigenvalue weighted by atomic mass is 35.5. The Morgan fingerprint density at radius 2 is 1.81 bits per heavy atom. The van der Waals surface area contributed by atoms with Gasteiger partial charge in [-0.1, -0.05) is 30.3 Å².